The number of aryl methyl sites for hydroxylation is 1. The van der Waals surface area contributed by atoms with Crippen LogP contribution in [-0.4, -0.2) is 5.91 Å². The van der Waals surface area contributed by atoms with Gasteiger partial charge in [-0.2, -0.15) is 0 Å². The summed E-state index contributed by atoms with van der Waals surface area (Å²) in [5, 5.41) is 2.90. The van der Waals surface area contributed by atoms with Crippen LogP contribution in [0.1, 0.15) is 32.8 Å². The van der Waals surface area contributed by atoms with E-state index in [1.807, 2.05) is 25.1 Å². The SMILES string of the molecule is Cc1ccc(NC(=O)CC(C)(C)C)cc1Br. The minimum absolute atomic E-state index is 0.0199. The lowest BCUT2D eigenvalue weighted by Gasteiger charge is -2.17. The summed E-state index contributed by atoms with van der Waals surface area (Å²) in [6.07, 6.45) is 0.526. The van der Waals surface area contributed by atoms with Crippen molar-refractivity contribution in [2.24, 2.45) is 5.41 Å². The highest BCUT2D eigenvalue weighted by molar-refractivity contribution is 9.10. The van der Waals surface area contributed by atoms with E-state index in [9.17, 15) is 4.79 Å². The molecule has 0 saturated heterocycles. The normalized spacial score (nSPS) is 11.3. The molecule has 1 aromatic carbocycles. The molecule has 88 valence electrons. The van der Waals surface area contributed by atoms with Gasteiger partial charge in [-0.15, -0.1) is 0 Å². The molecule has 0 bridgehead atoms. The van der Waals surface area contributed by atoms with Crippen molar-refractivity contribution in [1.29, 1.82) is 0 Å². The predicted molar refractivity (Wildman–Crippen MR) is 71.6 cm³/mol. The number of amides is 1. The zero-order valence-electron chi connectivity index (χ0n) is 10.2. The maximum Gasteiger partial charge on any atom is 0.224 e. The topological polar surface area (TPSA) is 29.1 Å². The van der Waals surface area contributed by atoms with Gasteiger partial charge in [0.1, 0.15) is 0 Å². The van der Waals surface area contributed by atoms with E-state index in [-0.39, 0.29) is 11.3 Å². The molecule has 3 heteroatoms. The molecule has 0 atom stereocenters. The van der Waals surface area contributed by atoms with Gasteiger partial charge in [-0.1, -0.05) is 42.8 Å². The van der Waals surface area contributed by atoms with Crippen LogP contribution in [-0.2, 0) is 4.79 Å². The van der Waals surface area contributed by atoms with E-state index in [0.717, 1.165) is 15.7 Å². The second kappa shape index (κ2) is 5.00. The number of anilines is 1. The number of benzene rings is 1. The molecular formula is C13H18BrNO. The third-order valence-corrected chi connectivity index (χ3v) is 3.00. The van der Waals surface area contributed by atoms with Crippen molar-refractivity contribution in [2.45, 2.75) is 34.1 Å². The molecule has 0 unspecified atom stereocenters. The molecule has 0 aliphatic rings. The Kier molecular flexibility index (Phi) is 4.14. The zero-order chi connectivity index (χ0) is 12.3. The molecular weight excluding hydrogens is 266 g/mol. The highest BCUT2D eigenvalue weighted by Gasteiger charge is 2.15. The van der Waals surface area contributed by atoms with E-state index in [1.165, 1.54) is 0 Å². The van der Waals surface area contributed by atoms with Crippen LogP contribution in [0.25, 0.3) is 0 Å². The molecule has 1 amide bonds. The van der Waals surface area contributed by atoms with E-state index in [4.69, 9.17) is 0 Å². The lowest BCUT2D eigenvalue weighted by Crippen LogP contribution is -2.19. The summed E-state index contributed by atoms with van der Waals surface area (Å²) in [6, 6.07) is 5.83. The van der Waals surface area contributed by atoms with Gasteiger partial charge < -0.3 is 5.32 Å². The van der Waals surface area contributed by atoms with Crippen LogP contribution < -0.4 is 5.32 Å². The van der Waals surface area contributed by atoms with Crippen molar-refractivity contribution >= 4 is 27.5 Å². The lowest BCUT2D eigenvalue weighted by molar-refractivity contribution is -0.117. The first-order valence-electron chi connectivity index (χ1n) is 5.34. The summed E-state index contributed by atoms with van der Waals surface area (Å²) in [7, 11) is 0. The Morgan fingerprint density at radius 2 is 2.00 bits per heavy atom. The molecule has 0 heterocycles. The smallest absolute Gasteiger partial charge is 0.224 e. The Bertz CT molecular complexity index is 393. The summed E-state index contributed by atoms with van der Waals surface area (Å²) < 4.78 is 1.01. The molecule has 0 spiro atoms. The van der Waals surface area contributed by atoms with Crippen LogP contribution in [0.15, 0.2) is 22.7 Å². The Labute approximate surface area is 106 Å². The third-order valence-electron chi connectivity index (χ3n) is 2.15. The molecule has 0 radical (unpaired) electrons. The van der Waals surface area contributed by atoms with Crippen LogP contribution in [0.2, 0.25) is 0 Å². The molecule has 16 heavy (non-hydrogen) atoms. The summed E-state index contributed by atoms with van der Waals surface area (Å²) in [5.41, 5.74) is 2.02. The van der Waals surface area contributed by atoms with Crippen LogP contribution in [0.5, 0.6) is 0 Å². The quantitative estimate of drug-likeness (QED) is 0.869. The van der Waals surface area contributed by atoms with Gasteiger partial charge in [-0.3, -0.25) is 4.79 Å². The van der Waals surface area contributed by atoms with Gasteiger partial charge in [0.2, 0.25) is 5.91 Å². The zero-order valence-corrected chi connectivity index (χ0v) is 11.8. The fraction of sp³-hybridized carbons (Fsp3) is 0.462. The van der Waals surface area contributed by atoms with Gasteiger partial charge in [0, 0.05) is 16.6 Å². The van der Waals surface area contributed by atoms with Crippen molar-refractivity contribution in [3.8, 4) is 0 Å². The summed E-state index contributed by atoms with van der Waals surface area (Å²) in [5.74, 6) is 0.0586. The Morgan fingerprint density at radius 1 is 1.38 bits per heavy atom. The third kappa shape index (κ3) is 4.35. The number of hydrogen-bond donors (Lipinski definition) is 1. The fourth-order valence-electron chi connectivity index (χ4n) is 1.36. The first-order valence-corrected chi connectivity index (χ1v) is 6.13. The van der Waals surface area contributed by atoms with E-state index in [0.29, 0.717) is 6.42 Å². The fourth-order valence-corrected chi connectivity index (χ4v) is 1.74. The Balaban J connectivity index is 2.67. The van der Waals surface area contributed by atoms with Crippen LogP contribution in [0.4, 0.5) is 5.69 Å². The Morgan fingerprint density at radius 3 is 2.50 bits per heavy atom. The van der Waals surface area contributed by atoms with Crippen molar-refractivity contribution < 1.29 is 4.79 Å². The van der Waals surface area contributed by atoms with E-state index >= 15 is 0 Å². The second-order valence-electron chi connectivity index (χ2n) is 5.25. The molecule has 0 fully saturated rings. The molecule has 0 aliphatic carbocycles. The molecule has 1 N–H and O–H groups in total. The Hall–Kier alpha value is -0.830. The predicted octanol–water partition coefficient (Wildman–Crippen LogP) is 4.13. The van der Waals surface area contributed by atoms with Gasteiger partial charge in [0.15, 0.2) is 0 Å². The number of rotatable bonds is 2. The number of nitrogens with one attached hydrogen (secondary N) is 1. The van der Waals surface area contributed by atoms with E-state index in [2.05, 4.69) is 42.0 Å². The van der Waals surface area contributed by atoms with Gasteiger partial charge in [0.05, 0.1) is 0 Å². The number of halogens is 1. The molecule has 1 aromatic rings. The largest absolute Gasteiger partial charge is 0.326 e. The van der Waals surface area contributed by atoms with Crippen molar-refractivity contribution in [3.63, 3.8) is 0 Å². The van der Waals surface area contributed by atoms with Crippen LogP contribution in [0, 0.1) is 12.3 Å². The number of carbonyl (C=O) groups is 1. The average molecular weight is 284 g/mol. The van der Waals surface area contributed by atoms with Gasteiger partial charge in [-0.05, 0) is 30.0 Å². The van der Waals surface area contributed by atoms with Crippen LogP contribution in [0.3, 0.4) is 0 Å². The van der Waals surface area contributed by atoms with Crippen molar-refractivity contribution in [3.05, 3.63) is 28.2 Å². The summed E-state index contributed by atoms with van der Waals surface area (Å²) in [4.78, 5) is 11.7. The molecule has 2 nitrogen and oxygen atoms in total. The maximum absolute atomic E-state index is 11.7. The molecule has 0 saturated carbocycles. The van der Waals surface area contributed by atoms with E-state index in [1.54, 1.807) is 0 Å². The van der Waals surface area contributed by atoms with Gasteiger partial charge >= 0.3 is 0 Å². The lowest BCUT2D eigenvalue weighted by atomic mass is 9.92. The average Bonchev–Trinajstić information content (AvgIpc) is 2.08. The minimum atomic E-state index is 0.0199. The van der Waals surface area contributed by atoms with Crippen molar-refractivity contribution in [1.82, 2.24) is 0 Å². The molecule has 0 aromatic heterocycles. The first-order chi connectivity index (χ1) is 7.28. The minimum Gasteiger partial charge on any atom is -0.326 e. The second-order valence-corrected chi connectivity index (χ2v) is 6.10. The summed E-state index contributed by atoms with van der Waals surface area (Å²) >= 11 is 3.45. The maximum atomic E-state index is 11.7. The van der Waals surface area contributed by atoms with Crippen molar-refractivity contribution in [2.75, 3.05) is 5.32 Å². The molecule has 1 rings (SSSR count). The molecule has 0 aliphatic heterocycles. The van der Waals surface area contributed by atoms with E-state index < -0.39 is 0 Å². The van der Waals surface area contributed by atoms with Gasteiger partial charge in [-0.25, -0.2) is 0 Å². The number of hydrogen-bond acceptors (Lipinski definition) is 1. The first kappa shape index (κ1) is 13.2. The van der Waals surface area contributed by atoms with Gasteiger partial charge in [0.25, 0.3) is 0 Å². The number of carbonyl (C=O) groups excluding carboxylic acids is 1. The monoisotopic (exact) mass is 283 g/mol. The summed E-state index contributed by atoms with van der Waals surface area (Å²) in [6.45, 7) is 8.18. The standard InChI is InChI=1S/C13H18BrNO/c1-9-5-6-10(7-11(9)14)15-12(16)8-13(2,3)4/h5-7H,8H2,1-4H3,(H,15,16). The van der Waals surface area contributed by atoms with Crippen LogP contribution >= 0.6 is 15.9 Å². The highest BCUT2D eigenvalue weighted by Crippen LogP contribution is 2.23. The highest BCUT2D eigenvalue weighted by atomic mass is 79.9.